The van der Waals surface area contributed by atoms with Gasteiger partial charge in [0.2, 0.25) is 0 Å². The van der Waals surface area contributed by atoms with Crippen LogP contribution in [0.25, 0.3) is 0 Å². The van der Waals surface area contributed by atoms with Gasteiger partial charge in [0, 0.05) is 31.8 Å². The molecule has 0 fully saturated rings. The predicted octanol–water partition coefficient (Wildman–Crippen LogP) is 3.22. The topological polar surface area (TPSA) is 43.0 Å². The molecule has 0 saturated heterocycles. The molecule has 2 aromatic carbocycles. The lowest BCUT2D eigenvalue weighted by Gasteiger charge is -2.22. The van der Waals surface area contributed by atoms with Gasteiger partial charge < -0.3 is 24.4 Å². The summed E-state index contributed by atoms with van der Waals surface area (Å²) in [4.78, 5) is 1.98. The van der Waals surface area contributed by atoms with E-state index in [1.807, 2.05) is 54.4 Å². The van der Waals surface area contributed by atoms with Crippen molar-refractivity contribution in [3.05, 3.63) is 53.6 Å². The van der Waals surface area contributed by atoms with Crippen LogP contribution in [0.1, 0.15) is 11.1 Å². The van der Waals surface area contributed by atoms with E-state index in [0.717, 1.165) is 28.4 Å². The van der Waals surface area contributed by atoms with E-state index < -0.39 is 0 Å². The van der Waals surface area contributed by atoms with Crippen molar-refractivity contribution in [2.24, 2.45) is 0 Å². The number of benzene rings is 2. The van der Waals surface area contributed by atoms with Gasteiger partial charge in [0.25, 0.3) is 0 Å². The number of ether oxygens (including phenoxy) is 3. The first kappa shape index (κ1) is 18.9. The fourth-order valence-electron chi connectivity index (χ4n) is 2.37. The van der Waals surface area contributed by atoms with E-state index >= 15 is 0 Å². The van der Waals surface area contributed by atoms with Gasteiger partial charge in [-0.3, -0.25) is 0 Å². The summed E-state index contributed by atoms with van der Waals surface area (Å²) in [6, 6.07) is 13.7. The Balaban J connectivity index is 1.93. The third-order valence-electron chi connectivity index (χ3n) is 3.85. The second kappa shape index (κ2) is 9.13. The molecule has 0 saturated carbocycles. The van der Waals surface area contributed by atoms with Crippen LogP contribution in [0.3, 0.4) is 0 Å². The number of nitrogens with zero attached hydrogens (tertiary/aromatic N) is 1. The first-order chi connectivity index (χ1) is 12.1. The van der Waals surface area contributed by atoms with Gasteiger partial charge >= 0.3 is 0 Å². The average molecular weight is 360 g/mol. The Bertz CT molecular complexity index is 704. The van der Waals surface area contributed by atoms with Crippen molar-refractivity contribution in [3.8, 4) is 17.2 Å². The van der Waals surface area contributed by atoms with Crippen LogP contribution < -0.4 is 19.5 Å². The molecule has 0 heterocycles. The lowest BCUT2D eigenvalue weighted by atomic mass is 10.2. The molecule has 2 rings (SSSR count). The molecular formula is C19H24N2O3S. The maximum atomic E-state index is 5.48. The number of rotatable bonds is 7. The molecule has 5 nitrogen and oxygen atoms in total. The highest BCUT2D eigenvalue weighted by Gasteiger charge is 2.10. The molecule has 0 unspecified atom stereocenters. The highest BCUT2D eigenvalue weighted by atomic mass is 32.1. The molecule has 0 bridgehead atoms. The van der Waals surface area contributed by atoms with E-state index in [2.05, 4.69) is 5.32 Å². The van der Waals surface area contributed by atoms with Crippen LogP contribution in [-0.4, -0.2) is 38.4 Å². The van der Waals surface area contributed by atoms with Gasteiger partial charge in [-0.25, -0.2) is 0 Å². The van der Waals surface area contributed by atoms with Crippen molar-refractivity contribution in [2.75, 3.05) is 28.4 Å². The van der Waals surface area contributed by atoms with Gasteiger partial charge in [0.05, 0.1) is 21.3 Å². The van der Waals surface area contributed by atoms with Crippen LogP contribution in [0.15, 0.2) is 42.5 Å². The SMILES string of the molecule is COc1ccc(CNC(=S)N(C)Cc2ccc(OC)cc2OC)cc1. The third kappa shape index (κ3) is 5.26. The van der Waals surface area contributed by atoms with Crippen molar-refractivity contribution < 1.29 is 14.2 Å². The zero-order chi connectivity index (χ0) is 18.2. The predicted molar refractivity (Wildman–Crippen MR) is 103 cm³/mol. The monoisotopic (exact) mass is 360 g/mol. The highest BCUT2D eigenvalue weighted by molar-refractivity contribution is 7.80. The van der Waals surface area contributed by atoms with Crippen LogP contribution in [-0.2, 0) is 13.1 Å². The molecule has 0 aliphatic heterocycles. The first-order valence-electron chi connectivity index (χ1n) is 7.90. The van der Waals surface area contributed by atoms with E-state index in [0.29, 0.717) is 18.2 Å². The summed E-state index contributed by atoms with van der Waals surface area (Å²) in [5.74, 6) is 2.39. The molecular weight excluding hydrogens is 336 g/mol. The lowest BCUT2D eigenvalue weighted by Crippen LogP contribution is -2.36. The van der Waals surface area contributed by atoms with Crippen molar-refractivity contribution in [1.29, 1.82) is 0 Å². The zero-order valence-corrected chi connectivity index (χ0v) is 15.9. The molecule has 0 aromatic heterocycles. The van der Waals surface area contributed by atoms with Gasteiger partial charge in [-0.1, -0.05) is 12.1 Å². The molecule has 0 radical (unpaired) electrons. The molecule has 0 aliphatic carbocycles. The Morgan fingerprint density at radius 3 is 2.20 bits per heavy atom. The lowest BCUT2D eigenvalue weighted by molar-refractivity contribution is 0.383. The number of hydrogen-bond donors (Lipinski definition) is 1. The summed E-state index contributed by atoms with van der Waals surface area (Å²) in [7, 11) is 6.90. The summed E-state index contributed by atoms with van der Waals surface area (Å²) in [5, 5.41) is 3.94. The normalized spacial score (nSPS) is 10.1. The minimum atomic E-state index is 0.640. The van der Waals surface area contributed by atoms with Gasteiger partial charge in [0.15, 0.2) is 5.11 Å². The Morgan fingerprint density at radius 2 is 1.60 bits per heavy atom. The van der Waals surface area contributed by atoms with Crippen molar-refractivity contribution >= 4 is 17.3 Å². The van der Waals surface area contributed by atoms with E-state index in [1.54, 1.807) is 21.3 Å². The van der Waals surface area contributed by atoms with Crippen molar-refractivity contribution in [2.45, 2.75) is 13.1 Å². The number of thiocarbonyl (C=S) groups is 1. The van der Waals surface area contributed by atoms with E-state index in [-0.39, 0.29) is 0 Å². The average Bonchev–Trinajstić information content (AvgIpc) is 2.66. The number of hydrogen-bond acceptors (Lipinski definition) is 4. The zero-order valence-electron chi connectivity index (χ0n) is 15.0. The first-order valence-corrected chi connectivity index (χ1v) is 8.31. The van der Waals surface area contributed by atoms with Crippen LogP contribution in [0, 0.1) is 0 Å². The summed E-state index contributed by atoms with van der Waals surface area (Å²) < 4.78 is 15.8. The highest BCUT2D eigenvalue weighted by Crippen LogP contribution is 2.25. The molecule has 25 heavy (non-hydrogen) atoms. The van der Waals surface area contributed by atoms with Crippen LogP contribution in [0.5, 0.6) is 17.2 Å². The summed E-state index contributed by atoms with van der Waals surface area (Å²) >= 11 is 5.48. The second-order valence-electron chi connectivity index (χ2n) is 5.54. The summed E-state index contributed by atoms with van der Waals surface area (Å²) in [6.45, 7) is 1.30. The molecule has 0 atom stereocenters. The van der Waals surface area contributed by atoms with Gasteiger partial charge in [0.1, 0.15) is 17.2 Å². The Labute approximate surface area is 154 Å². The molecule has 2 aromatic rings. The second-order valence-corrected chi connectivity index (χ2v) is 5.93. The van der Waals surface area contributed by atoms with Crippen LogP contribution >= 0.6 is 12.2 Å². The molecule has 1 N–H and O–H groups in total. The maximum Gasteiger partial charge on any atom is 0.169 e. The number of methoxy groups -OCH3 is 3. The van der Waals surface area contributed by atoms with E-state index in [9.17, 15) is 0 Å². The van der Waals surface area contributed by atoms with Crippen LogP contribution in [0.2, 0.25) is 0 Å². The Hall–Kier alpha value is -2.47. The quantitative estimate of drug-likeness (QED) is 0.765. The third-order valence-corrected chi connectivity index (χ3v) is 4.31. The standard InChI is InChI=1S/C19H24N2O3S/c1-21(13-15-7-10-17(23-3)11-18(15)24-4)19(25)20-12-14-5-8-16(22-2)9-6-14/h5-11H,12-13H2,1-4H3,(H,20,25). The van der Waals surface area contributed by atoms with Gasteiger partial charge in [-0.2, -0.15) is 0 Å². The number of nitrogens with one attached hydrogen (secondary N) is 1. The minimum absolute atomic E-state index is 0.640. The van der Waals surface area contributed by atoms with E-state index in [4.69, 9.17) is 26.4 Å². The molecule has 0 amide bonds. The molecule has 0 aliphatic rings. The molecule has 6 heteroatoms. The Morgan fingerprint density at radius 1 is 0.960 bits per heavy atom. The fraction of sp³-hybridized carbons (Fsp3) is 0.316. The molecule has 134 valence electrons. The van der Waals surface area contributed by atoms with E-state index in [1.165, 1.54) is 0 Å². The van der Waals surface area contributed by atoms with Crippen LogP contribution in [0.4, 0.5) is 0 Å². The summed E-state index contributed by atoms with van der Waals surface area (Å²) in [6.07, 6.45) is 0. The largest absolute Gasteiger partial charge is 0.497 e. The maximum absolute atomic E-state index is 5.48. The fourth-order valence-corrected chi connectivity index (χ4v) is 2.50. The smallest absolute Gasteiger partial charge is 0.169 e. The van der Waals surface area contributed by atoms with Gasteiger partial charge in [-0.15, -0.1) is 0 Å². The minimum Gasteiger partial charge on any atom is -0.497 e. The van der Waals surface area contributed by atoms with Crippen molar-refractivity contribution in [1.82, 2.24) is 10.2 Å². The Kier molecular flexibility index (Phi) is 6.89. The van der Waals surface area contributed by atoms with Gasteiger partial charge in [-0.05, 0) is 42.0 Å². The molecule has 0 spiro atoms. The summed E-state index contributed by atoms with van der Waals surface area (Å²) in [5.41, 5.74) is 2.18. The van der Waals surface area contributed by atoms with Crippen molar-refractivity contribution in [3.63, 3.8) is 0 Å².